The Balaban J connectivity index is 1.35. The molecule has 18 heteroatoms. The highest BCUT2D eigenvalue weighted by Gasteiger charge is 2.51. The minimum Gasteiger partial charge on any atom is -0.493 e. The van der Waals surface area contributed by atoms with Crippen molar-refractivity contribution >= 4 is 11.9 Å². The van der Waals surface area contributed by atoms with Gasteiger partial charge < -0.3 is 79.0 Å². The monoisotopic (exact) mass is 773 g/mol. The molecular formula is C36H55NO17. The van der Waals surface area contributed by atoms with Gasteiger partial charge in [0.15, 0.2) is 30.2 Å². The summed E-state index contributed by atoms with van der Waals surface area (Å²) >= 11 is 0. The number of methoxy groups -OCH3 is 2. The van der Waals surface area contributed by atoms with E-state index in [9.17, 15) is 45.3 Å². The quantitative estimate of drug-likeness (QED) is 0.107. The third-order valence-electron chi connectivity index (χ3n) is 10.7. The number of carbonyl (C=O) groups is 2. The fraction of sp³-hybridized carbons (Fsp3) is 0.778. The first kappa shape index (κ1) is 42.4. The first-order chi connectivity index (χ1) is 25.9. The van der Waals surface area contributed by atoms with Crippen molar-refractivity contribution in [2.45, 2.75) is 138 Å². The molecular weight excluding hydrogens is 718 g/mol. The van der Waals surface area contributed by atoms with E-state index in [1.807, 2.05) is 0 Å². The van der Waals surface area contributed by atoms with Gasteiger partial charge in [0.05, 0.1) is 33.0 Å². The number of amides is 1. The van der Waals surface area contributed by atoms with Gasteiger partial charge >= 0.3 is 5.97 Å². The minimum absolute atomic E-state index is 0.0600. The van der Waals surface area contributed by atoms with Crippen LogP contribution in [0.15, 0.2) is 18.2 Å². The van der Waals surface area contributed by atoms with Crippen LogP contribution in [-0.4, -0.2) is 167 Å². The highest BCUT2D eigenvalue weighted by Crippen LogP contribution is 2.34. The fourth-order valence-electron chi connectivity index (χ4n) is 7.51. The number of aliphatic hydroxyl groups excluding tert-OH is 6. The third kappa shape index (κ3) is 9.98. The van der Waals surface area contributed by atoms with Crippen LogP contribution >= 0.6 is 0 Å². The molecule has 0 spiro atoms. The van der Waals surface area contributed by atoms with Crippen LogP contribution in [0.4, 0.5) is 0 Å². The highest BCUT2D eigenvalue weighted by molar-refractivity contribution is 5.94. The van der Waals surface area contributed by atoms with E-state index in [1.54, 1.807) is 6.07 Å². The zero-order chi connectivity index (χ0) is 39.1. The van der Waals surface area contributed by atoms with Crippen LogP contribution in [0.2, 0.25) is 0 Å². The second-order valence-electron chi connectivity index (χ2n) is 14.3. The molecule has 8 N–H and O–H groups in total. The van der Waals surface area contributed by atoms with Gasteiger partial charge in [-0.2, -0.15) is 0 Å². The summed E-state index contributed by atoms with van der Waals surface area (Å²) in [5, 5.41) is 77.0. The summed E-state index contributed by atoms with van der Waals surface area (Å²) in [6.45, 7) is 0.658. The Morgan fingerprint density at radius 1 is 0.833 bits per heavy atom. The van der Waals surface area contributed by atoms with Gasteiger partial charge in [-0.05, 0) is 43.9 Å². The lowest BCUT2D eigenvalue weighted by Crippen LogP contribution is -2.64. The van der Waals surface area contributed by atoms with Gasteiger partial charge in [0.2, 0.25) is 0 Å². The first-order valence-corrected chi connectivity index (χ1v) is 18.5. The lowest BCUT2D eigenvalue weighted by Gasteiger charge is -2.47. The molecule has 54 heavy (non-hydrogen) atoms. The van der Waals surface area contributed by atoms with E-state index in [-0.39, 0.29) is 37.5 Å². The zero-order valence-electron chi connectivity index (χ0n) is 30.7. The standard InChI is InChI=1S/C36H55NO17/c1-17-26(39)28(41)29(42)35(50-17)54-31-21(11-12-49-24(31)15-37-33(44)19-9-10-20(47-2)22(14-19)48-3)52-36-30(43)32(27(40)25(16-38)53-36)51-23(34(45)46)13-18-7-5-4-6-8-18/h9-10,14,17-18,21,23-32,35-36,38-43H,4-8,11-13,15-16H2,1-3H3,(H,37,44)(H,45,46)/t17-,21+,23-,24+,25+,26+,27-,28+,29-,30+,31-,32-,35-,36+/m0/s1. The minimum atomic E-state index is -1.74. The molecule has 18 nitrogen and oxygen atoms in total. The Morgan fingerprint density at radius 2 is 1.54 bits per heavy atom. The second kappa shape index (κ2) is 19.4. The molecule has 3 saturated heterocycles. The summed E-state index contributed by atoms with van der Waals surface area (Å²) in [5.41, 5.74) is 0.243. The number of hydrogen-bond acceptors (Lipinski definition) is 16. The lowest BCUT2D eigenvalue weighted by molar-refractivity contribution is -0.355. The molecule has 1 aromatic carbocycles. The van der Waals surface area contributed by atoms with Crippen LogP contribution in [0.5, 0.6) is 11.5 Å². The van der Waals surface area contributed by atoms with E-state index in [4.69, 9.17) is 37.9 Å². The lowest BCUT2D eigenvalue weighted by atomic mass is 9.85. The molecule has 0 aromatic heterocycles. The van der Waals surface area contributed by atoms with Crippen molar-refractivity contribution in [1.29, 1.82) is 0 Å². The molecule has 4 aliphatic rings. The molecule has 1 saturated carbocycles. The Kier molecular flexibility index (Phi) is 15.3. The maximum atomic E-state index is 13.2. The first-order valence-electron chi connectivity index (χ1n) is 18.5. The maximum Gasteiger partial charge on any atom is 0.332 e. The summed E-state index contributed by atoms with van der Waals surface area (Å²) in [7, 11) is 2.90. The van der Waals surface area contributed by atoms with Crippen molar-refractivity contribution < 1.29 is 83.2 Å². The van der Waals surface area contributed by atoms with Crippen LogP contribution in [-0.2, 0) is 33.2 Å². The molecule has 1 aromatic rings. The Morgan fingerprint density at radius 3 is 2.20 bits per heavy atom. The smallest absolute Gasteiger partial charge is 0.332 e. The van der Waals surface area contributed by atoms with Crippen LogP contribution in [0.3, 0.4) is 0 Å². The number of carboxylic acid groups (broad SMARTS) is 1. The number of aliphatic hydroxyl groups is 6. The van der Waals surface area contributed by atoms with Crippen LogP contribution in [0.25, 0.3) is 0 Å². The van der Waals surface area contributed by atoms with Gasteiger partial charge in [0.1, 0.15) is 54.9 Å². The van der Waals surface area contributed by atoms with E-state index < -0.39 is 104 Å². The second-order valence-corrected chi connectivity index (χ2v) is 14.3. The average molecular weight is 774 g/mol. The van der Waals surface area contributed by atoms with E-state index >= 15 is 0 Å². The largest absolute Gasteiger partial charge is 0.493 e. The van der Waals surface area contributed by atoms with Crippen molar-refractivity contribution in [3.63, 3.8) is 0 Å². The number of hydrogen-bond donors (Lipinski definition) is 8. The van der Waals surface area contributed by atoms with Gasteiger partial charge in [-0.25, -0.2) is 4.79 Å². The molecule has 5 rings (SSSR count). The van der Waals surface area contributed by atoms with E-state index in [0.29, 0.717) is 11.5 Å². The molecule has 4 fully saturated rings. The van der Waals surface area contributed by atoms with E-state index in [0.717, 1.165) is 32.1 Å². The third-order valence-corrected chi connectivity index (χ3v) is 10.7. The normalized spacial score (nSPS) is 36.9. The number of aliphatic carboxylic acids is 1. The summed E-state index contributed by atoms with van der Waals surface area (Å²) in [6.07, 6.45) is -14.6. The molecule has 1 amide bonds. The van der Waals surface area contributed by atoms with Crippen molar-refractivity contribution in [1.82, 2.24) is 5.32 Å². The predicted molar refractivity (Wildman–Crippen MR) is 184 cm³/mol. The molecule has 306 valence electrons. The molecule has 3 heterocycles. The number of rotatable bonds is 15. The summed E-state index contributed by atoms with van der Waals surface area (Å²) in [6, 6.07) is 4.60. The zero-order valence-corrected chi connectivity index (χ0v) is 30.7. The Bertz CT molecular complexity index is 1360. The van der Waals surface area contributed by atoms with Gasteiger partial charge in [-0.15, -0.1) is 0 Å². The Labute approximate surface area is 313 Å². The van der Waals surface area contributed by atoms with Gasteiger partial charge in [0.25, 0.3) is 5.91 Å². The molecule has 14 atom stereocenters. The van der Waals surface area contributed by atoms with Crippen LogP contribution in [0.1, 0.15) is 62.2 Å². The van der Waals surface area contributed by atoms with Crippen molar-refractivity contribution in [2.75, 3.05) is 34.0 Å². The molecule has 0 radical (unpaired) electrons. The number of carboxylic acids is 1. The fourth-order valence-corrected chi connectivity index (χ4v) is 7.51. The van der Waals surface area contributed by atoms with Gasteiger partial charge in [-0.1, -0.05) is 32.1 Å². The predicted octanol–water partition coefficient (Wildman–Crippen LogP) is -0.932. The molecule has 0 bridgehead atoms. The topological polar surface area (TPSA) is 262 Å². The van der Waals surface area contributed by atoms with Gasteiger partial charge in [0, 0.05) is 18.7 Å². The number of carbonyl (C=O) groups excluding carboxylic acids is 1. The van der Waals surface area contributed by atoms with Crippen molar-refractivity contribution in [3.8, 4) is 11.5 Å². The van der Waals surface area contributed by atoms with E-state index in [1.165, 1.54) is 33.3 Å². The average Bonchev–Trinajstić information content (AvgIpc) is 3.17. The van der Waals surface area contributed by atoms with Gasteiger partial charge in [-0.3, -0.25) is 4.79 Å². The Hall–Kier alpha value is -2.72. The highest BCUT2D eigenvalue weighted by atomic mass is 16.7. The maximum absolute atomic E-state index is 13.2. The number of ether oxygens (including phenoxy) is 8. The molecule has 1 aliphatic carbocycles. The summed E-state index contributed by atoms with van der Waals surface area (Å²) < 4.78 is 46.4. The van der Waals surface area contributed by atoms with Crippen LogP contribution < -0.4 is 14.8 Å². The summed E-state index contributed by atoms with van der Waals surface area (Å²) in [5.74, 6) is -0.916. The number of nitrogens with one attached hydrogen (secondary N) is 1. The molecule has 3 aliphatic heterocycles. The summed E-state index contributed by atoms with van der Waals surface area (Å²) in [4.78, 5) is 25.5. The van der Waals surface area contributed by atoms with Crippen LogP contribution in [0, 0.1) is 5.92 Å². The number of benzene rings is 1. The SMILES string of the molecule is COc1ccc(C(=O)NC[C@H]2OCC[C@@H](O[C@@H]3O[C@H](CO)[C@H](O)[C@H](O[C@@H](CC4CCCCC4)C(=O)O)[C@H]3O)[C@@H]2O[C@@H]2O[C@@H](C)[C@@H](O)[C@@H](O)[C@@H]2O)cc1OC. The van der Waals surface area contributed by atoms with E-state index in [2.05, 4.69) is 5.32 Å². The van der Waals surface area contributed by atoms with Crippen molar-refractivity contribution in [2.24, 2.45) is 5.92 Å². The van der Waals surface area contributed by atoms with Crippen molar-refractivity contribution in [3.05, 3.63) is 23.8 Å². The molecule has 0 unspecified atom stereocenters.